The van der Waals surface area contributed by atoms with E-state index in [2.05, 4.69) is 5.32 Å². The second-order valence-corrected chi connectivity index (χ2v) is 8.09. The Morgan fingerprint density at radius 1 is 1.03 bits per heavy atom. The molecule has 6 nitrogen and oxygen atoms in total. The number of carbonyl (C=O) groups is 3. The van der Waals surface area contributed by atoms with Crippen molar-refractivity contribution in [2.24, 2.45) is 5.92 Å². The lowest BCUT2D eigenvalue weighted by molar-refractivity contribution is -0.152. The number of rotatable bonds is 2. The highest BCUT2D eigenvalue weighted by Gasteiger charge is 2.46. The molecule has 2 fully saturated rings. The third kappa shape index (κ3) is 3.59. The Labute approximate surface area is 170 Å². The highest BCUT2D eigenvalue weighted by molar-refractivity contribution is 6.05. The average Bonchev–Trinajstić information content (AvgIpc) is 3.14. The van der Waals surface area contributed by atoms with Crippen LogP contribution >= 0.6 is 0 Å². The van der Waals surface area contributed by atoms with E-state index < -0.39 is 6.04 Å². The second-order valence-electron chi connectivity index (χ2n) is 8.09. The molecule has 6 heteroatoms. The van der Waals surface area contributed by atoms with Gasteiger partial charge in [-0.15, -0.1) is 0 Å². The first-order valence-electron chi connectivity index (χ1n) is 10.4. The molecule has 2 heterocycles. The standard InChI is InChI=1S/C23H27N3O3/c1-15-7-6-14-25(16(2)27)21-13-12-20(26(21)23(15)29)22(28)24-19-11-5-9-17-8-3-4-10-18(17)19/h3-5,8-11,15,20-21H,6-7,12-14H2,1-2H3,(H,24,28)/t15-,20?,21+/m0/s1. The normalized spacial score (nSPS) is 24.8. The van der Waals surface area contributed by atoms with Gasteiger partial charge in [-0.3, -0.25) is 14.4 Å². The van der Waals surface area contributed by atoms with Gasteiger partial charge in [-0.05, 0) is 37.1 Å². The molecule has 0 aliphatic carbocycles. The predicted molar refractivity (Wildman–Crippen MR) is 112 cm³/mol. The minimum absolute atomic E-state index is 0.0310. The molecule has 152 valence electrons. The fourth-order valence-corrected chi connectivity index (χ4v) is 4.67. The van der Waals surface area contributed by atoms with Crippen LogP contribution in [0.25, 0.3) is 10.8 Å². The number of hydrogen-bond donors (Lipinski definition) is 1. The fourth-order valence-electron chi connectivity index (χ4n) is 4.67. The SMILES string of the molecule is CC(=O)N1CCC[C@H](C)C(=O)N2C(C(=O)Nc3cccc4ccccc34)CC[C@H]12. The number of anilines is 1. The first-order chi connectivity index (χ1) is 14.0. The van der Waals surface area contributed by atoms with Crippen molar-refractivity contribution in [3.05, 3.63) is 42.5 Å². The Kier molecular flexibility index (Phi) is 5.26. The summed E-state index contributed by atoms with van der Waals surface area (Å²) < 4.78 is 0. The van der Waals surface area contributed by atoms with Crippen LogP contribution in [0.3, 0.4) is 0 Å². The zero-order chi connectivity index (χ0) is 20.5. The van der Waals surface area contributed by atoms with Crippen LogP contribution < -0.4 is 5.32 Å². The summed E-state index contributed by atoms with van der Waals surface area (Å²) in [5, 5.41) is 5.06. The molecule has 0 spiro atoms. The van der Waals surface area contributed by atoms with E-state index in [-0.39, 0.29) is 29.8 Å². The quantitative estimate of drug-likeness (QED) is 0.850. The molecule has 0 aromatic heterocycles. The van der Waals surface area contributed by atoms with Crippen molar-refractivity contribution in [1.82, 2.24) is 9.80 Å². The smallest absolute Gasteiger partial charge is 0.247 e. The van der Waals surface area contributed by atoms with E-state index in [1.807, 2.05) is 49.4 Å². The van der Waals surface area contributed by atoms with Gasteiger partial charge in [0.25, 0.3) is 0 Å². The van der Waals surface area contributed by atoms with E-state index in [0.29, 0.717) is 19.4 Å². The molecule has 1 N–H and O–H groups in total. The minimum atomic E-state index is -0.561. The molecule has 2 aliphatic heterocycles. The first kappa shape index (κ1) is 19.4. The Morgan fingerprint density at radius 2 is 1.79 bits per heavy atom. The van der Waals surface area contributed by atoms with Gasteiger partial charge in [0.05, 0.1) is 0 Å². The van der Waals surface area contributed by atoms with Gasteiger partial charge < -0.3 is 15.1 Å². The van der Waals surface area contributed by atoms with Crippen molar-refractivity contribution >= 4 is 34.2 Å². The number of amides is 3. The molecule has 4 rings (SSSR count). The van der Waals surface area contributed by atoms with Crippen molar-refractivity contribution in [3.63, 3.8) is 0 Å². The van der Waals surface area contributed by atoms with Crippen LogP contribution in [0.15, 0.2) is 42.5 Å². The van der Waals surface area contributed by atoms with Crippen LogP contribution in [-0.2, 0) is 14.4 Å². The topological polar surface area (TPSA) is 69.7 Å². The molecular weight excluding hydrogens is 366 g/mol. The van der Waals surface area contributed by atoms with Gasteiger partial charge in [0.15, 0.2) is 0 Å². The molecule has 0 bridgehead atoms. The average molecular weight is 393 g/mol. The third-order valence-electron chi connectivity index (χ3n) is 6.18. The molecule has 2 saturated heterocycles. The van der Waals surface area contributed by atoms with Crippen LogP contribution in [0.2, 0.25) is 0 Å². The molecule has 2 aliphatic rings. The van der Waals surface area contributed by atoms with Crippen molar-refractivity contribution in [1.29, 1.82) is 0 Å². The zero-order valence-electron chi connectivity index (χ0n) is 16.9. The number of carbonyl (C=O) groups excluding carboxylic acids is 3. The van der Waals surface area contributed by atoms with Crippen molar-refractivity contribution in [2.45, 2.75) is 51.7 Å². The first-order valence-corrected chi connectivity index (χ1v) is 10.4. The zero-order valence-corrected chi connectivity index (χ0v) is 16.9. The molecule has 3 atom stereocenters. The maximum Gasteiger partial charge on any atom is 0.247 e. The fraction of sp³-hybridized carbons (Fsp3) is 0.435. The van der Waals surface area contributed by atoms with Gasteiger partial charge in [-0.2, -0.15) is 0 Å². The van der Waals surface area contributed by atoms with Crippen LogP contribution in [0.5, 0.6) is 0 Å². The van der Waals surface area contributed by atoms with Crippen LogP contribution in [0.4, 0.5) is 5.69 Å². The van der Waals surface area contributed by atoms with Crippen LogP contribution in [0, 0.1) is 5.92 Å². The number of nitrogens with one attached hydrogen (secondary N) is 1. The Balaban J connectivity index is 1.62. The molecule has 3 amide bonds. The van der Waals surface area contributed by atoms with Gasteiger partial charge in [-0.25, -0.2) is 0 Å². The van der Waals surface area contributed by atoms with Gasteiger partial charge in [0.1, 0.15) is 12.2 Å². The predicted octanol–water partition coefficient (Wildman–Crippen LogP) is 3.37. The Hall–Kier alpha value is -2.89. The maximum absolute atomic E-state index is 13.2. The highest BCUT2D eigenvalue weighted by Crippen LogP contribution is 2.33. The van der Waals surface area contributed by atoms with Crippen molar-refractivity contribution in [2.75, 3.05) is 11.9 Å². The van der Waals surface area contributed by atoms with E-state index in [1.54, 1.807) is 9.80 Å². The summed E-state index contributed by atoms with van der Waals surface area (Å²) in [6.07, 6.45) is 2.40. The van der Waals surface area contributed by atoms with E-state index in [4.69, 9.17) is 0 Å². The van der Waals surface area contributed by atoms with Gasteiger partial charge >= 0.3 is 0 Å². The summed E-state index contributed by atoms with van der Waals surface area (Å²) >= 11 is 0. The molecule has 0 radical (unpaired) electrons. The molecule has 0 saturated carbocycles. The molecule has 2 aromatic rings. The van der Waals surface area contributed by atoms with E-state index in [9.17, 15) is 14.4 Å². The summed E-state index contributed by atoms with van der Waals surface area (Å²) in [5.41, 5.74) is 0.743. The third-order valence-corrected chi connectivity index (χ3v) is 6.18. The highest BCUT2D eigenvalue weighted by atomic mass is 16.2. The number of fused-ring (bicyclic) bond motifs is 2. The Morgan fingerprint density at radius 3 is 2.59 bits per heavy atom. The lowest BCUT2D eigenvalue weighted by Gasteiger charge is -2.40. The van der Waals surface area contributed by atoms with E-state index >= 15 is 0 Å². The van der Waals surface area contributed by atoms with Crippen LogP contribution in [0.1, 0.15) is 39.5 Å². The monoisotopic (exact) mass is 393 g/mol. The molecule has 1 unspecified atom stereocenters. The number of nitrogens with zero attached hydrogens (tertiary/aromatic N) is 2. The van der Waals surface area contributed by atoms with Crippen molar-refractivity contribution in [3.8, 4) is 0 Å². The van der Waals surface area contributed by atoms with E-state index in [1.165, 1.54) is 6.92 Å². The van der Waals surface area contributed by atoms with Gasteiger partial charge in [0, 0.05) is 30.5 Å². The largest absolute Gasteiger partial charge is 0.324 e. The Bertz CT molecular complexity index is 952. The summed E-state index contributed by atoms with van der Waals surface area (Å²) in [6.45, 7) is 4.09. The van der Waals surface area contributed by atoms with Crippen molar-refractivity contribution < 1.29 is 14.4 Å². The molecular formula is C23H27N3O3. The van der Waals surface area contributed by atoms with E-state index in [0.717, 1.165) is 29.3 Å². The summed E-state index contributed by atoms with van der Waals surface area (Å²) in [5.74, 6) is -0.403. The lowest BCUT2D eigenvalue weighted by atomic mass is 10.0. The summed E-state index contributed by atoms with van der Waals surface area (Å²) in [7, 11) is 0. The van der Waals surface area contributed by atoms with Crippen LogP contribution in [-0.4, -0.2) is 46.3 Å². The molecule has 29 heavy (non-hydrogen) atoms. The lowest BCUT2D eigenvalue weighted by Crippen LogP contribution is -2.56. The summed E-state index contributed by atoms with van der Waals surface area (Å²) in [6, 6.07) is 13.1. The van der Waals surface area contributed by atoms with Gasteiger partial charge in [-0.1, -0.05) is 43.3 Å². The minimum Gasteiger partial charge on any atom is -0.324 e. The molecule has 2 aromatic carbocycles. The maximum atomic E-state index is 13.2. The number of benzene rings is 2. The second kappa shape index (κ2) is 7.85. The summed E-state index contributed by atoms with van der Waals surface area (Å²) in [4.78, 5) is 42.0. The number of hydrogen-bond acceptors (Lipinski definition) is 3. The van der Waals surface area contributed by atoms with Gasteiger partial charge in [0.2, 0.25) is 17.7 Å².